The SMILES string of the molecule is COc1ccc(CNC(=O)c2cc(Nc3ccccc3OC(C)C)ccn2)cc1. The van der Waals surface area contributed by atoms with Gasteiger partial charge in [0.05, 0.1) is 18.9 Å². The summed E-state index contributed by atoms with van der Waals surface area (Å²) in [6.07, 6.45) is 1.67. The highest BCUT2D eigenvalue weighted by molar-refractivity contribution is 5.93. The molecule has 0 aliphatic rings. The Morgan fingerprint density at radius 1 is 1.07 bits per heavy atom. The van der Waals surface area contributed by atoms with Gasteiger partial charge < -0.3 is 20.1 Å². The van der Waals surface area contributed by atoms with Crippen LogP contribution in [0.1, 0.15) is 29.9 Å². The minimum atomic E-state index is -0.240. The molecule has 29 heavy (non-hydrogen) atoms. The first-order valence-corrected chi connectivity index (χ1v) is 9.45. The number of nitrogens with zero attached hydrogens (tertiary/aromatic N) is 1. The molecule has 3 rings (SSSR count). The number of aromatic nitrogens is 1. The van der Waals surface area contributed by atoms with Crippen LogP contribution >= 0.6 is 0 Å². The summed E-state index contributed by atoms with van der Waals surface area (Å²) in [6, 6.07) is 18.8. The fraction of sp³-hybridized carbons (Fsp3) is 0.217. The number of rotatable bonds is 8. The fourth-order valence-electron chi connectivity index (χ4n) is 2.73. The Morgan fingerprint density at radius 3 is 2.55 bits per heavy atom. The fourth-order valence-corrected chi connectivity index (χ4v) is 2.73. The number of pyridine rings is 1. The topological polar surface area (TPSA) is 72.5 Å². The first-order chi connectivity index (χ1) is 14.0. The zero-order valence-electron chi connectivity index (χ0n) is 16.8. The monoisotopic (exact) mass is 391 g/mol. The van der Waals surface area contributed by atoms with Gasteiger partial charge in [0.25, 0.3) is 5.91 Å². The summed E-state index contributed by atoms with van der Waals surface area (Å²) in [6.45, 7) is 4.37. The predicted octanol–water partition coefficient (Wildman–Crippen LogP) is 4.55. The maximum Gasteiger partial charge on any atom is 0.270 e. The molecule has 0 saturated heterocycles. The van der Waals surface area contributed by atoms with Crippen LogP contribution in [0.25, 0.3) is 0 Å². The van der Waals surface area contributed by atoms with E-state index in [1.807, 2.05) is 68.4 Å². The predicted molar refractivity (Wildman–Crippen MR) is 114 cm³/mol. The van der Waals surface area contributed by atoms with Gasteiger partial charge in [-0.1, -0.05) is 24.3 Å². The maximum absolute atomic E-state index is 12.5. The van der Waals surface area contributed by atoms with Crippen LogP contribution in [-0.4, -0.2) is 24.1 Å². The molecule has 0 fully saturated rings. The van der Waals surface area contributed by atoms with Crippen LogP contribution in [-0.2, 0) is 6.54 Å². The van der Waals surface area contributed by atoms with Crippen molar-refractivity contribution in [1.82, 2.24) is 10.3 Å². The minimum Gasteiger partial charge on any atom is -0.497 e. The Labute approximate surface area is 170 Å². The lowest BCUT2D eigenvalue weighted by Gasteiger charge is -2.15. The van der Waals surface area contributed by atoms with Gasteiger partial charge in [-0.2, -0.15) is 0 Å². The summed E-state index contributed by atoms with van der Waals surface area (Å²) in [5, 5.41) is 6.19. The first-order valence-electron chi connectivity index (χ1n) is 9.45. The van der Waals surface area contributed by atoms with E-state index in [1.165, 1.54) is 0 Å². The lowest BCUT2D eigenvalue weighted by atomic mass is 10.2. The van der Waals surface area contributed by atoms with Crippen LogP contribution in [0.15, 0.2) is 66.9 Å². The van der Waals surface area contributed by atoms with Gasteiger partial charge in [0.15, 0.2) is 0 Å². The molecule has 1 aromatic heterocycles. The number of amides is 1. The smallest absolute Gasteiger partial charge is 0.270 e. The van der Waals surface area contributed by atoms with Crippen molar-refractivity contribution in [2.24, 2.45) is 0 Å². The van der Waals surface area contributed by atoms with Crippen LogP contribution in [0.2, 0.25) is 0 Å². The molecule has 6 heteroatoms. The van der Waals surface area contributed by atoms with E-state index < -0.39 is 0 Å². The Bertz CT molecular complexity index is 956. The zero-order valence-corrected chi connectivity index (χ0v) is 16.8. The second-order valence-corrected chi connectivity index (χ2v) is 6.75. The Kier molecular flexibility index (Phi) is 6.68. The summed E-state index contributed by atoms with van der Waals surface area (Å²) in [5.41, 5.74) is 2.91. The van der Waals surface area contributed by atoms with E-state index in [2.05, 4.69) is 15.6 Å². The number of benzene rings is 2. The molecule has 0 saturated carbocycles. The van der Waals surface area contributed by atoms with Crippen molar-refractivity contribution >= 4 is 17.3 Å². The summed E-state index contributed by atoms with van der Waals surface area (Å²) in [7, 11) is 1.62. The summed E-state index contributed by atoms with van der Waals surface area (Å²) in [4.78, 5) is 16.7. The number of anilines is 2. The molecular formula is C23H25N3O3. The quantitative estimate of drug-likeness (QED) is 0.589. The average Bonchev–Trinajstić information content (AvgIpc) is 2.73. The lowest BCUT2D eigenvalue weighted by Crippen LogP contribution is -2.23. The highest BCUT2D eigenvalue weighted by Crippen LogP contribution is 2.28. The largest absolute Gasteiger partial charge is 0.497 e. The lowest BCUT2D eigenvalue weighted by molar-refractivity contribution is 0.0946. The van der Waals surface area contributed by atoms with Crippen molar-refractivity contribution < 1.29 is 14.3 Å². The molecule has 0 bridgehead atoms. The van der Waals surface area contributed by atoms with Gasteiger partial charge in [-0.05, 0) is 55.8 Å². The molecule has 0 spiro atoms. The highest BCUT2D eigenvalue weighted by atomic mass is 16.5. The minimum absolute atomic E-state index is 0.0645. The molecular weight excluding hydrogens is 366 g/mol. The van der Waals surface area contributed by atoms with Crippen LogP contribution < -0.4 is 20.1 Å². The summed E-state index contributed by atoms with van der Waals surface area (Å²) < 4.78 is 11.0. The van der Waals surface area contributed by atoms with Crippen molar-refractivity contribution in [3.63, 3.8) is 0 Å². The molecule has 0 aliphatic carbocycles. The van der Waals surface area contributed by atoms with Crippen LogP contribution in [0.4, 0.5) is 11.4 Å². The standard InChI is InChI=1S/C23H25N3O3/c1-16(2)29-22-7-5-4-6-20(22)26-18-12-13-24-21(14-18)23(27)25-15-17-8-10-19(28-3)11-9-17/h4-14,16H,15H2,1-3H3,(H,24,26)(H,25,27). The van der Waals surface area contributed by atoms with Crippen LogP contribution in [0.3, 0.4) is 0 Å². The number of hydrogen-bond donors (Lipinski definition) is 2. The molecule has 6 nitrogen and oxygen atoms in total. The number of hydrogen-bond acceptors (Lipinski definition) is 5. The average molecular weight is 391 g/mol. The number of carbonyl (C=O) groups is 1. The molecule has 3 aromatic rings. The third-order valence-electron chi connectivity index (χ3n) is 4.13. The molecule has 1 heterocycles. The van der Waals surface area contributed by atoms with Gasteiger partial charge in [-0.25, -0.2) is 0 Å². The van der Waals surface area contributed by atoms with Gasteiger partial charge in [0.2, 0.25) is 0 Å². The van der Waals surface area contributed by atoms with Gasteiger partial charge in [0, 0.05) is 18.4 Å². The molecule has 2 N–H and O–H groups in total. The Morgan fingerprint density at radius 2 is 1.83 bits per heavy atom. The van der Waals surface area contributed by atoms with Gasteiger partial charge in [-0.15, -0.1) is 0 Å². The van der Waals surface area contributed by atoms with E-state index in [0.717, 1.165) is 28.4 Å². The van der Waals surface area contributed by atoms with Crippen LogP contribution in [0.5, 0.6) is 11.5 Å². The third-order valence-corrected chi connectivity index (χ3v) is 4.13. The van der Waals surface area contributed by atoms with E-state index in [9.17, 15) is 4.79 Å². The molecule has 0 unspecified atom stereocenters. The second-order valence-electron chi connectivity index (χ2n) is 6.75. The number of nitrogens with one attached hydrogen (secondary N) is 2. The van der Waals surface area contributed by atoms with E-state index in [-0.39, 0.29) is 12.0 Å². The van der Waals surface area contributed by atoms with E-state index in [1.54, 1.807) is 19.4 Å². The maximum atomic E-state index is 12.5. The summed E-state index contributed by atoms with van der Waals surface area (Å²) >= 11 is 0. The normalized spacial score (nSPS) is 10.5. The molecule has 0 radical (unpaired) electrons. The molecule has 0 aliphatic heterocycles. The molecule has 1 amide bonds. The van der Waals surface area contributed by atoms with Crippen molar-refractivity contribution in [2.45, 2.75) is 26.5 Å². The van der Waals surface area contributed by atoms with Gasteiger partial charge >= 0.3 is 0 Å². The number of methoxy groups -OCH3 is 1. The van der Waals surface area contributed by atoms with E-state index in [0.29, 0.717) is 12.2 Å². The first kappa shape index (κ1) is 20.2. The molecule has 0 atom stereocenters. The molecule has 2 aromatic carbocycles. The number of carbonyl (C=O) groups excluding carboxylic acids is 1. The van der Waals surface area contributed by atoms with E-state index >= 15 is 0 Å². The van der Waals surface area contributed by atoms with Crippen molar-refractivity contribution in [2.75, 3.05) is 12.4 Å². The Balaban J connectivity index is 1.66. The third kappa shape index (κ3) is 5.72. The molecule has 150 valence electrons. The van der Waals surface area contributed by atoms with Crippen LogP contribution in [0, 0.1) is 0 Å². The highest BCUT2D eigenvalue weighted by Gasteiger charge is 2.10. The Hall–Kier alpha value is -3.54. The van der Waals surface area contributed by atoms with Crippen molar-refractivity contribution in [3.8, 4) is 11.5 Å². The number of para-hydroxylation sites is 2. The van der Waals surface area contributed by atoms with Crippen molar-refractivity contribution in [1.29, 1.82) is 0 Å². The van der Waals surface area contributed by atoms with Crippen molar-refractivity contribution in [3.05, 3.63) is 78.1 Å². The summed E-state index contributed by atoms with van der Waals surface area (Å²) in [5.74, 6) is 1.29. The van der Waals surface area contributed by atoms with Gasteiger partial charge in [0.1, 0.15) is 17.2 Å². The van der Waals surface area contributed by atoms with Gasteiger partial charge in [-0.3, -0.25) is 9.78 Å². The second kappa shape index (κ2) is 9.59. The number of ether oxygens (including phenoxy) is 2. The zero-order chi connectivity index (χ0) is 20.6. The van der Waals surface area contributed by atoms with E-state index in [4.69, 9.17) is 9.47 Å².